The van der Waals surface area contributed by atoms with E-state index in [1.807, 2.05) is 0 Å². The van der Waals surface area contributed by atoms with E-state index >= 15 is 0 Å². The second kappa shape index (κ2) is 6.91. The number of benzene rings is 1. The summed E-state index contributed by atoms with van der Waals surface area (Å²) in [7, 11) is 0. The number of urea groups is 1. The molecule has 0 saturated heterocycles. The summed E-state index contributed by atoms with van der Waals surface area (Å²) in [5.41, 5.74) is -0.168. The maximum absolute atomic E-state index is 13.3. The highest BCUT2D eigenvalue weighted by molar-refractivity contribution is 6.30. The molecule has 0 radical (unpaired) electrons. The molecule has 0 aliphatic rings. The highest BCUT2D eigenvalue weighted by atomic mass is 35.5. The van der Waals surface area contributed by atoms with Gasteiger partial charge in [-0.15, -0.1) is 0 Å². The lowest BCUT2D eigenvalue weighted by molar-refractivity contribution is -0.139. The molecular formula is C11H12ClFN2O4. The molecule has 8 heteroatoms. The SMILES string of the molecule is O=C(Nc1cc(Cl)ccc1F)NC(CCO)C(=O)O. The van der Waals surface area contributed by atoms with Crippen LogP contribution in [0.2, 0.25) is 5.02 Å². The lowest BCUT2D eigenvalue weighted by Gasteiger charge is -2.14. The van der Waals surface area contributed by atoms with Gasteiger partial charge in [-0.25, -0.2) is 14.0 Å². The summed E-state index contributed by atoms with van der Waals surface area (Å²) in [5.74, 6) is -2.00. The Hall–Kier alpha value is -1.86. The van der Waals surface area contributed by atoms with Crippen molar-refractivity contribution in [1.29, 1.82) is 0 Å². The summed E-state index contributed by atoms with van der Waals surface area (Å²) in [4.78, 5) is 22.2. The first kappa shape index (κ1) is 15.2. The third kappa shape index (κ3) is 4.72. The van der Waals surface area contributed by atoms with Crippen LogP contribution in [0.4, 0.5) is 14.9 Å². The molecule has 1 aromatic carbocycles. The molecule has 2 amide bonds. The predicted molar refractivity (Wildman–Crippen MR) is 66.7 cm³/mol. The smallest absolute Gasteiger partial charge is 0.326 e. The zero-order chi connectivity index (χ0) is 14.4. The van der Waals surface area contributed by atoms with Crippen molar-refractivity contribution < 1.29 is 24.2 Å². The summed E-state index contributed by atoms with van der Waals surface area (Å²) < 4.78 is 13.3. The number of anilines is 1. The number of halogens is 2. The van der Waals surface area contributed by atoms with Crippen molar-refractivity contribution in [3.8, 4) is 0 Å². The Kier molecular flexibility index (Phi) is 5.53. The number of hydrogen-bond donors (Lipinski definition) is 4. The topological polar surface area (TPSA) is 98.7 Å². The monoisotopic (exact) mass is 290 g/mol. The van der Waals surface area contributed by atoms with Gasteiger partial charge in [0.2, 0.25) is 0 Å². The van der Waals surface area contributed by atoms with Crippen LogP contribution in [0.3, 0.4) is 0 Å². The van der Waals surface area contributed by atoms with Crippen LogP contribution in [0.15, 0.2) is 18.2 Å². The standard InChI is InChI=1S/C11H12ClFN2O4/c12-6-1-2-7(13)9(5-6)15-11(19)14-8(3-4-16)10(17)18/h1-2,5,8,16H,3-4H2,(H,17,18)(H2,14,15,19). The van der Waals surface area contributed by atoms with Crippen molar-refractivity contribution >= 4 is 29.3 Å². The lowest BCUT2D eigenvalue weighted by Crippen LogP contribution is -2.43. The van der Waals surface area contributed by atoms with E-state index in [0.29, 0.717) is 0 Å². The van der Waals surface area contributed by atoms with Gasteiger partial charge >= 0.3 is 12.0 Å². The summed E-state index contributed by atoms with van der Waals surface area (Å²) in [6.07, 6.45) is -0.152. The van der Waals surface area contributed by atoms with Gasteiger partial charge < -0.3 is 20.8 Å². The number of rotatable bonds is 5. The first-order valence-corrected chi connectivity index (χ1v) is 5.68. The van der Waals surface area contributed by atoms with Crippen LogP contribution in [0.25, 0.3) is 0 Å². The molecule has 0 aliphatic heterocycles. The van der Waals surface area contributed by atoms with Gasteiger partial charge in [0.1, 0.15) is 11.9 Å². The molecule has 0 aliphatic carbocycles. The van der Waals surface area contributed by atoms with Crippen LogP contribution in [0.5, 0.6) is 0 Å². The molecule has 0 bridgehead atoms. The Labute approximate surface area is 113 Å². The number of amides is 2. The normalized spacial score (nSPS) is 11.7. The van der Waals surface area contributed by atoms with Crippen LogP contribution in [-0.4, -0.2) is 34.9 Å². The number of aliphatic hydroxyl groups excluding tert-OH is 1. The molecule has 4 N–H and O–H groups in total. The van der Waals surface area contributed by atoms with Gasteiger partial charge in [-0.2, -0.15) is 0 Å². The number of carboxylic acid groups (broad SMARTS) is 1. The number of carbonyl (C=O) groups is 2. The fourth-order valence-corrected chi connectivity index (χ4v) is 1.47. The van der Waals surface area contributed by atoms with Crippen LogP contribution in [-0.2, 0) is 4.79 Å². The van der Waals surface area contributed by atoms with Crippen LogP contribution < -0.4 is 10.6 Å². The number of nitrogens with one attached hydrogen (secondary N) is 2. The minimum absolute atomic E-state index is 0.152. The van der Waals surface area contributed by atoms with Gasteiger partial charge in [-0.3, -0.25) is 0 Å². The van der Waals surface area contributed by atoms with Gasteiger partial charge in [-0.05, 0) is 18.2 Å². The van der Waals surface area contributed by atoms with Crippen molar-refractivity contribution in [2.45, 2.75) is 12.5 Å². The first-order chi connectivity index (χ1) is 8.93. The molecule has 0 spiro atoms. The molecule has 0 saturated carbocycles. The molecular weight excluding hydrogens is 279 g/mol. The van der Waals surface area contributed by atoms with E-state index in [2.05, 4.69) is 10.6 Å². The van der Waals surface area contributed by atoms with Crippen molar-refractivity contribution in [2.75, 3.05) is 11.9 Å². The zero-order valence-corrected chi connectivity index (χ0v) is 10.4. The first-order valence-electron chi connectivity index (χ1n) is 5.30. The number of carboxylic acids is 1. The Morgan fingerprint density at radius 1 is 1.42 bits per heavy atom. The molecule has 1 rings (SSSR count). The Morgan fingerprint density at radius 2 is 2.11 bits per heavy atom. The van der Waals surface area contributed by atoms with Crippen LogP contribution in [0, 0.1) is 5.82 Å². The number of hydrogen-bond acceptors (Lipinski definition) is 3. The molecule has 0 aromatic heterocycles. The molecule has 1 aromatic rings. The van der Waals surface area contributed by atoms with Gasteiger partial charge in [-0.1, -0.05) is 11.6 Å². The second-order valence-electron chi connectivity index (χ2n) is 3.63. The summed E-state index contributed by atoms with van der Waals surface area (Å²) >= 11 is 5.64. The van der Waals surface area contributed by atoms with E-state index in [-0.39, 0.29) is 17.1 Å². The Balaban J connectivity index is 2.68. The summed E-state index contributed by atoms with van der Waals surface area (Å²) in [6.45, 7) is -0.400. The fraction of sp³-hybridized carbons (Fsp3) is 0.273. The molecule has 1 atom stereocenters. The van der Waals surface area contributed by atoms with E-state index in [4.69, 9.17) is 21.8 Å². The minimum Gasteiger partial charge on any atom is -0.480 e. The maximum atomic E-state index is 13.3. The highest BCUT2D eigenvalue weighted by Gasteiger charge is 2.19. The van der Waals surface area contributed by atoms with Crippen molar-refractivity contribution in [1.82, 2.24) is 5.32 Å². The molecule has 0 fully saturated rings. The van der Waals surface area contributed by atoms with E-state index in [1.54, 1.807) is 0 Å². The van der Waals surface area contributed by atoms with Gasteiger partial charge in [0, 0.05) is 18.1 Å². The lowest BCUT2D eigenvalue weighted by atomic mass is 10.2. The van der Waals surface area contributed by atoms with Crippen LogP contribution in [0.1, 0.15) is 6.42 Å². The number of aliphatic carboxylic acids is 1. The zero-order valence-electron chi connectivity index (χ0n) is 9.69. The third-order valence-corrected chi connectivity index (χ3v) is 2.43. The van der Waals surface area contributed by atoms with Crippen LogP contribution >= 0.6 is 11.6 Å². The van der Waals surface area contributed by atoms with Gasteiger partial charge in [0.05, 0.1) is 5.69 Å². The van der Waals surface area contributed by atoms with E-state index in [1.165, 1.54) is 12.1 Å². The van der Waals surface area contributed by atoms with E-state index in [0.717, 1.165) is 6.07 Å². The molecule has 19 heavy (non-hydrogen) atoms. The maximum Gasteiger partial charge on any atom is 0.326 e. The molecule has 0 heterocycles. The average Bonchev–Trinajstić information content (AvgIpc) is 2.33. The molecule has 1 unspecified atom stereocenters. The quantitative estimate of drug-likeness (QED) is 0.659. The summed E-state index contributed by atoms with van der Waals surface area (Å²) in [6, 6.07) is 1.42. The van der Waals surface area contributed by atoms with E-state index in [9.17, 15) is 14.0 Å². The Bertz CT molecular complexity index is 484. The molecule has 104 valence electrons. The Morgan fingerprint density at radius 3 is 2.68 bits per heavy atom. The number of aliphatic hydroxyl groups is 1. The predicted octanol–water partition coefficient (Wildman–Crippen LogP) is 1.44. The minimum atomic E-state index is -1.30. The summed E-state index contributed by atoms with van der Waals surface area (Å²) in [5, 5.41) is 21.9. The van der Waals surface area contributed by atoms with Crippen molar-refractivity contribution in [3.63, 3.8) is 0 Å². The second-order valence-corrected chi connectivity index (χ2v) is 4.06. The van der Waals surface area contributed by atoms with Gasteiger partial charge in [0.15, 0.2) is 0 Å². The number of carbonyl (C=O) groups excluding carboxylic acids is 1. The van der Waals surface area contributed by atoms with Crippen molar-refractivity contribution in [3.05, 3.63) is 29.0 Å². The largest absolute Gasteiger partial charge is 0.480 e. The van der Waals surface area contributed by atoms with Crippen molar-refractivity contribution in [2.24, 2.45) is 0 Å². The fourth-order valence-electron chi connectivity index (χ4n) is 1.30. The van der Waals surface area contributed by atoms with E-state index < -0.39 is 30.5 Å². The average molecular weight is 291 g/mol. The third-order valence-electron chi connectivity index (χ3n) is 2.20. The van der Waals surface area contributed by atoms with Gasteiger partial charge in [0.25, 0.3) is 0 Å². The highest BCUT2D eigenvalue weighted by Crippen LogP contribution is 2.19. The molecule has 6 nitrogen and oxygen atoms in total.